The van der Waals surface area contributed by atoms with Crippen molar-refractivity contribution < 1.29 is 4.79 Å². The first-order valence-corrected chi connectivity index (χ1v) is 11.0. The molecule has 1 heterocycles. The summed E-state index contributed by atoms with van der Waals surface area (Å²) in [5.74, 6) is -0.0318. The molecule has 1 aliphatic heterocycles. The largest absolute Gasteiger partial charge is 0.348 e. The van der Waals surface area contributed by atoms with Crippen LogP contribution in [0.15, 0.2) is 54.6 Å². The molecule has 1 fully saturated rings. The highest BCUT2D eigenvalue weighted by Gasteiger charge is 2.22. The van der Waals surface area contributed by atoms with Crippen LogP contribution >= 0.6 is 23.2 Å². The number of allylic oxidation sites excluding steroid dienone is 1. The number of carbonyl (C=O) groups is 1. The fourth-order valence-electron chi connectivity index (χ4n) is 3.59. The molecule has 3 nitrogen and oxygen atoms in total. The van der Waals surface area contributed by atoms with E-state index in [4.69, 9.17) is 23.2 Å². The molecule has 0 saturated carbocycles. The molecular weight excluding hydrogens is 403 g/mol. The van der Waals surface area contributed by atoms with Gasteiger partial charge in [0.15, 0.2) is 0 Å². The van der Waals surface area contributed by atoms with E-state index in [0.29, 0.717) is 16.5 Å². The third kappa shape index (κ3) is 6.60. The van der Waals surface area contributed by atoms with E-state index in [1.54, 1.807) is 6.07 Å². The van der Waals surface area contributed by atoms with Crippen LogP contribution in [0.25, 0.3) is 6.08 Å². The van der Waals surface area contributed by atoms with Crippen LogP contribution in [-0.2, 0) is 4.79 Å². The van der Waals surface area contributed by atoms with Crippen molar-refractivity contribution in [3.8, 4) is 0 Å². The molecule has 1 N–H and O–H groups in total. The number of benzene rings is 2. The van der Waals surface area contributed by atoms with E-state index in [0.717, 1.165) is 30.8 Å². The Morgan fingerprint density at radius 1 is 1.10 bits per heavy atom. The molecule has 3 rings (SSSR count). The summed E-state index contributed by atoms with van der Waals surface area (Å²) in [6, 6.07) is 15.8. The van der Waals surface area contributed by atoms with E-state index in [2.05, 4.69) is 22.3 Å². The summed E-state index contributed by atoms with van der Waals surface area (Å²) in [5.41, 5.74) is 2.13. The van der Waals surface area contributed by atoms with Gasteiger partial charge in [-0.1, -0.05) is 78.7 Å². The molecule has 29 heavy (non-hydrogen) atoms. The van der Waals surface area contributed by atoms with Gasteiger partial charge in [-0.05, 0) is 55.6 Å². The SMILES string of the molecule is CC(CC=Cc1ccc(Cl)c(Cl)c1)C(=O)N[C@H](CN1CCCC1)c1ccccc1. The number of likely N-dealkylation sites (tertiary alicyclic amines) is 1. The van der Waals surface area contributed by atoms with E-state index in [1.807, 2.05) is 49.4 Å². The Kier molecular flexibility index (Phi) is 8.17. The van der Waals surface area contributed by atoms with Crippen molar-refractivity contribution in [3.63, 3.8) is 0 Å². The van der Waals surface area contributed by atoms with Crippen LogP contribution in [0.5, 0.6) is 0 Å². The fraction of sp³-hybridized carbons (Fsp3) is 0.375. The van der Waals surface area contributed by atoms with Gasteiger partial charge in [-0.15, -0.1) is 0 Å². The lowest BCUT2D eigenvalue weighted by molar-refractivity contribution is -0.125. The minimum absolute atomic E-state index is 0.0169. The number of hydrogen-bond acceptors (Lipinski definition) is 2. The van der Waals surface area contributed by atoms with E-state index in [1.165, 1.54) is 12.8 Å². The molecule has 154 valence electrons. The van der Waals surface area contributed by atoms with Crippen LogP contribution in [0.3, 0.4) is 0 Å². The summed E-state index contributed by atoms with van der Waals surface area (Å²) >= 11 is 12.0. The number of carbonyl (C=O) groups excluding carboxylic acids is 1. The highest BCUT2D eigenvalue weighted by Crippen LogP contribution is 2.23. The second-order valence-corrected chi connectivity index (χ2v) is 8.51. The smallest absolute Gasteiger partial charge is 0.223 e. The lowest BCUT2D eigenvalue weighted by atomic mass is 10.0. The fourth-order valence-corrected chi connectivity index (χ4v) is 3.89. The standard InChI is InChI=1S/C24H28Cl2N2O/c1-18(8-7-9-19-12-13-21(25)22(26)16-19)24(29)27-23(17-28-14-5-6-15-28)20-10-3-2-4-11-20/h2-4,7,9-13,16,18,23H,5-6,8,14-15,17H2,1H3,(H,27,29)/t18?,23-/m1/s1. The van der Waals surface area contributed by atoms with Crippen molar-refractivity contribution in [2.75, 3.05) is 19.6 Å². The summed E-state index contributed by atoms with van der Waals surface area (Å²) in [4.78, 5) is 15.3. The van der Waals surface area contributed by atoms with Crippen LogP contribution < -0.4 is 5.32 Å². The van der Waals surface area contributed by atoms with Crippen LogP contribution in [0, 0.1) is 5.92 Å². The van der Waals surface area contributed by atoms with E-state index in [-0.39, 0.29) is 17.9 Å². The summed E-state index contributed by atoms with van der Waals surface area (Å²) < 4.78 is 0. The maximum absolute atomic E-state index is 12.8. The quantitative estimate of drug-likeness (QED) is 0.557. The van der Waals surface area contributed by atoms with Crippen molar-refractivity contribution in [1.82, 2.24) is 10.2 Å². The second kappa shape index (κ2) is 10.8. The molecule has 1 unspecified atom stereocenters. The van der Waals surface area contributed by atoms with Crippen molar-refractivity contribution >= 4 is 35.2 Å². The van der Waals surface area contributed by atoms with Gasteiger partial charge >= 0.3 is 0 Å². The average Bonchev–Trinajstić information content (AvgIpc) is 3.24. The first-order chi connectivity index (χ1) is 14.0. The predicted octanol–water partition coefficient (Wildman–Crippen LogP) is 5.99. The zero-order valence-corrected chi connectivity index (χ0v) is 18.3. The van der Waals surface area contributed by atoms with Gasteiger partial charge in [0.05, 0.1) is 16.1 Å². The highest BCUT2D eigenvalue weighted by molar-refractivity contribution is 6.42. The molecule has 0 radical (unpaired) electrons. The molecule has 1 aliphatic rings. The molecule has 0 aliphatic carbocycles. The number of hydrogen-bond donors (Lipinski definition) is 1. The van der Waals surface area contributed by atoms with E-state index >= 15 is 0 Å². The van der Waals surface area contributed by atoms with Crippen molar-refractivity contribution in [2.24, 2.45) is 5.92 Å². The number of nitrogens with zero attached hydrogens (tertiary/aromatic N) is 1. The van der Waals surface area contributed by atoms with Gasteiger partial charge in [-0.2, -0.15) is 0 Å². The lowest BCUT2D eigenvalue weighted by Gasteiger charge is -2.26. The Balaban J connectivity index is 1.58. The molecule has 2 aromatic carbocycles. The first-order valence-electron chi connectivity index (χ1n) is 10.2. The van der Waals surface area contributed by atoms with Crippen LogP contribution in [0.1, 0.15) is 43.4 Å². The Bertz CT molecular complexity index is 832. The minimum atomic E-state index is -0.112. The molecule has 0 bridgehead atoms. The Hall–Kier alpha value is -1.81. The molecule has 0 aromatic heterocycles. The van der Waals surface area contributed by atoms with Crippen molar-refractivity contribution in [2.45, 2.75) is 32.2 Å². The summed E-state index contributed by atoms with van der Waals surface area (Å²) in [6.07, 6.45) is 7.14. The molecule has 2 atom stereocenters. The maximum Gasteiger partial charge on any atom is 0.223 e. The van der Waals surface area contributed by atoms with Crippen LogP contribution in [0.4, 0.5) is 0 Å². The molecule has 5 heteroatoms. The number of rotatable bonds is 8. The third-order valence-corrected chi connectivity index (χ3v) is 6.09. The Morgan fingerprint density at radius 3 is 2.52 bits per heavy atom. The van der Waals surface area contributed by atoms with Gasteiger partial charge in [-0.25, -0.2) is 0 Å². The van der Waals surface area contributed by atoms with Crippen molar-refractivity contribution in [1.29, 1.82) is 0 Å². The van der Waals surface area contributed by atoms with Gasteiger partial charge in [-0.3, -0.25) is 4.79 Å². The van der Waals surface area contributed by atoms with Gasteiger partial charge in [0.1, 0.15) is 0 Å². The highest BCUT2D eigenvalue weighted by atomic mass is 35.5. The van der Waals surface area contributed by atoms with E-state index < -0.39 is 0 Å². The zero-order chi connectivity index (χ0) is 20.6. The molecule has 1 amide bonds. The third-order valence-electron chi connectivity index (χ3n) is 5.35. The van der Waals surface area contributed by atoms with Crippen LogP contribution in [-0.4, -0.2) is 30.4 Å². The minimum Gasteiger partial charge on any atom is -0.348 e. The lowest BCUT2D eigenvalue weighted by Crippen LogP contribution is -2.39. The normalized spacial score (nSPS) is 16.8. The Morgan fingerprint density at radius 2 is 1.83 bits per heavy atom. The van der Waals surface area contributed by atoms with Gasteiger partial charge in [0.25, 0.3) is 0 Å². The summed E-state index contributed by atoms with van der Waals surface area (Å²) in [6.45, 7) is 5.05. The number of nitrogens with one attached hydrogen (secondary N) is 1. The monoisotopic (exact) mass is 430 g/mol. The van der Waals surface area contributed by atoms with Gasteiger partial charge in [0.2, 0.25) is 5.91 Å². The van der Waals surface area contributed by atoms with Gasteiger partial charge in [0, 0.05) is 12.5 Å². The summed E-state index contributed by atoms with van der Waals surface area (Å²) in [7, 11) is 0. The Labute approximate surface area is 183 Å². The number of halogens is 2. The molecule has 2 aromatic rings. The van der Waals surface area contributed by atoms with Crippen molar-refractivity contribution in [3.05, 3.63) is 75.8 Å². The average molecular weight is 431 g/mol. The first kappa shape index (κ1) is 21.9. The number of amides is 1. The predicted molar refractivity (Wildman–Crippen MR) is 122 cm³/mol. The molecular formula is C24H28Cl2N2O. The topological polar surface area (TPSA) is 32.3 Å². The maximum atomic E-state index is 12.8. The van der Waals surface area contributed by atoms with E-state index in [9.17, 15) is 4.79 Å². The zero-order valence-electron chi connectivity index (χ0n) is 16.8. The van der Waals surface area contributed by atoms with Crippen LogP contribution in [0.2, 0.25) is 10.0 Å². The second-order valence-electron chi connectivity index (χ2n) is 7.69. The molecule has 1 saturated heterocycles. The summed E-state index contributed by atoms with van der Waals surface area (Å²) in [5, 5.41) is 4.35. The van der Waals surface area contributed by atoms with Gasteiger partial charge < -0.3 is 10.2 Å². The molecule has 0 spiro atoms.